The molecule has 0 amide bonds. The molecule has 1 fully saturated rings. The molecule has 1 aromatic heterocycles. The van der Waals surface area contributed by atoms with Gasteiger partial charge in [-0.3, -0.25) is 4.90 Å². The number of aromatic nitrogens is 1. The van der Waals surface area contributed by atoms with E-state index in [2.05, 4.69) is 42.2 Å². The average Bonchev–Trinajstić information content (AvgIpc) is 2.86. The van der Waals surface area contributed by atoms with E-state index in [1.807, 2.05) is 0 Å². The van der Waals surface area contributed by atoms with Crippen LogP contribution in [0.4, 0.5) is 0 Å². The van der Waals surface area contributed by atoms with Crippen LogP contribution in [0, 0.1) is 5.92 Å². The van der Waals surface area contributed by atoms with Gasteiger partial charge < -0.3 is 14.6 Å². The van der Waals surface area contributed by atoms with Gasteiger partial charge in [0.2, 0.25) is 0 Å². The lowest BCUT2D eigenvalue weighted by Crippen LogP contribution is -2.46. The minimum atomic E-state index is -0.0279. The second-order valence-corrected chi connectivity index (χ2v) is 6.78. The van der Waals surface area contributed by atoms with E-state index in [0.29, 0.717) is 5.92 Å². The number of rotatable bonds is 7. The highest BCUT2D eigenvalue weighted by atomic mass is 16.5. The SMILES string of the molecule is COC1(C)CCCN(Cc2cc(CNCC(C)C)no2)C1. The molecule has 0 aromatic carbocycles. The predicted molar refractivity (Wildman–Crippen MR) is 83.0 cm³/mol. The Morgan fingerprint density at radius 1 is 1.52 bits per heavy atom. The molecule has 2 rings (SSSR count). The first kappa shape index (κ1) is 16.5. The number of nitrogens with zero attached hydrogens (tertiary/aromatic N) is 2. The van der Waals surface area contributed by atoms with Crippen LogP contribution in [0.1, 0.15) is 45.1 Å². The fourth-order valence-corrected chi connectivity index (χ4v) is 2.83. The Labute approximate surface area is 128 Å². The molecular weight excluding hydrogens is 266 g/mol. The Hall–Kier alpha value is -0.910. The highest BCUT2D eigenvalue weighted by molar-refractivity contribution is 5.05. The fourth-order valence-electron chi connectivity index (χ4n) is 2.83. The highest BCUT2D eigenvalue weighted by Gasteiger charge is 2.31. The van der Waals surface area contributed by atoms with Gasteiger partial charge in [-0.2, -0.15) is 0 Å². The Kier molecular flexibility index (Phi) is 5.79. The van der Waals surface area contributed by atoms with Gasteiger partial charge >= 0.3 is 0 Å². The third-order valence-corrected chi connectivity index (χ3v) is 4.08. The molecule has 21 heavy (non-hydrogen) atoms. The first-order valence-corrected chi connectivity index (χ1v) is 7.93. The lowest BCUT2D eigenvalue weighted by Gasteiger charge is -2.39. The summed E-state index contributed by atoms with van der Waals surface area (Å²) in [5, 5.41) is 7.52. The molecule has 1 aliphatic rings. The van der Waals surface area contributed by atoms with Gasteiger partial charge in [-0.25, -0.2) is 0 Å². The van der Waals surface area contributed by atoms with Crippen LogP contribution in [0.25, 0.3) is 0 Å². The molecule has 1 atom stereocenters. The van der Waals surface area contributed by atoms with Gasteiger partial charge in [0, 0.05) is 26.3 Å². The Morgan fingerprint density at radius 2 is 2.33 bits per heavy atom. The summed E-state index contributed by atoms with van der Waals surface area (Å²) in [7, 11) is 1.80. The first-order valence-electron chi connectivity index (χ1n) is 7.93. The van der Waals surface area contributed by atoms with Gasteiger partial charge in [0.05, 0.1) is 17.8 Å². The molecule has 2 heterocycles. The molecule has 1 unspecified atom stereocenters. The van der Waals surface area contributed by atoms with Gasteiger partial charge in [0.1, 0.15) is 0 Å². The van der Waals surface area contributed by atoms with Crippen molar-refractivity contribution >= 4 is 0 Å². The summed E-state index contributed by atoms with van der Waals surface area (Å²) in [6.07, 6.45) is 2.29. The second kappa shape index (κ2) is 7.38. The molecular formula is C16H29N3O2. The van der Waals surface area contributed by atoms with Crippen molar-refractivity contribution in [3.05, 3.63) is 17.5 Å². The molecule has 0 saturated carbocycles. The van der Waals surface area contributed by atoms with Crippen LogP contribution in [-0.2, 0) is 17.8 Å². The number of hydrogen-bond acceptors (Lipinski definition) is 5. The molecule has 0 bridgehead atoms. The van der Waals surface area contributed by atoms with Crippen LogP contribution in [0.15, 0.2) is 10.6 Å². The van der Waals surface area contributed by atoms with Crippen molar-refractivity contribution in [2.45, 2.75) is 52.3 Å². The molecule has 1 aliphatic heterocycles. The van der Waals surface area contributed by atoms with E-state index in [0.717, 1.165) is 50.6 Å². The van der Waals surface area contributed by atoms with Crippen LogP contribution in [0.3, 0.4) is 0 Å². The molecule has 0 aliphatic carbocycles. The fraction of sp³-hybridized carbons (Fsp3) is 0.812. The molecule has 1 N–H and O–H groups in total. The van der Waals surface area contributed by atoms with Gasteiger partial charge in [-0.15, -0.1) is 0 Å². The molecule has 5 nitrogen and oxygen atoms in total. The Balaban J connectivity index is 1.82. The van der Waals surface area contributed by atoms with Gasteiger partial charge in [0.15, 0.2) is 5.76 Å². The maximum atomic E-state index is 5.63. The molecule has 0 radical (unpaired) electrons. The summed E-state index contributed by atoms with van der Waals surface area (Å²) in [4.78, 5) is 2.39. The number of nitrogens with one attached hydrogen (secondary N) is 1. The summed E-state index contributed by atoms with van der Waals surface area (Å²) in [6.45, 7) is 11.2. The average molecular weight is 295 g/mol. The lowest BCUT2D eigenvalue weighted by molar-refractivity contribution is -0.0541. The number of methoxy groups -OCH3 is 1. The number of hydrogen-bond donors (Lipinski definition) is 1. The quantitative estimate of drug-likeness (QED) is 0.837. The molecule has 120 valence electrons. The maximum absolute atomic E-state index is 5.63. The van der Waals surface area contributed by atoms with Crippen LogP contribution in [0.5, 0.6) is 0 Å². The third-order valence-electron chi connectivity index (χ3n) is 4.08. The number of ether oxygens (including phenoxy) is 1. The monoisotopic (exact) mass is 295 g/mol. The molecule has 0 spiro atoms. The zero-order valence-electron chi connectivity index (χ0n) is 13.8. The second-order valence-electron chi connectivity index (χ2n) is 6.78. The van der Waals surface area contributed by atoms with E-state index in [1.54, 1.807) is 7.11 Å². The summed E-state index contributed by atoms with van der Waals surface area (Å²) >= 11 is 0. The Bertz CT molecular complexity index is 433. The third kappa shape index (κ3) is 5.09. The van der Waals surface area contributed by atoms with E-state index in [1.165, 1.54) is 6.42 Å². The van der Waals surface area contributed by atoms with Crippen molar-refractivity contribution in [3.8, 4) is 0 Å². The Morgan fingerprint density at radius 3 is 3.05 bits per heavy atom. The number of piperidine rings is 1. The normalized spacial score (nSPS) is 23.9. The minimum Gasteiger partial charge on any atom is -0.377 e. The lowest BCUT2D eigenvalue weighted by atomic mass is 9.95. The van der Waals surface area contributed by atoms with Crippen LogP contribution in [-0.4, -0.2) is 42.4 Å². The van der Waals surface area contributed by atoms with E-state index < -0.39 is 0 Å². The van der Waals surface area contributed by atoms with Crippen LogP contribution in [0.2, 0.25) is 0 Å². The topological polar surface area (TPSA) is 50.5 Å². The number of likely N-dealkylation sites (tertiary alicyclic amines) is 1. The van der Waals surface area contributed by atoms with Crippen LogP contribution >= 0.6 is 0 Å². The van der Waals surface area contributed by atoms with Crippen molar-refractivity contribution in [3.63, 3.8) is 0 Å². The molecule has 1 aromatic rings. The molecule has 5 heteroatoms. The predicted octanol–water partition coefficient (Wildman–Crippen LogP) is 2.42. The maximum Gasteiger partial charge on any atom is 0.151 e. The van der Waals surface area contributed by atoms with Gasteiger partial charge in [-0.1, -0.05) is 19.0 Å². The van der Waals surface area contributed by atoms with Crippen molar-refractivity contribution in [2.24, 2.45) is 5.92 Å². The summed E-state index contributed by atoms with van der Waals surface area (Å²) in [5.74, 6) is 1.59. The minimum absolute atomic E-state index is 0.0279. The van der Waals surface area contributed by atoms with Crippen molar-refractivity contribution in [2.75, 3.05) is 26.7 Å². The van der Waals surface area contributed by atoms with Crippen molar-refractivity contribution in [1.29, 1.82) is 0 Å². The van der Waals surface area contributed by atoms with E-state index in [-0.39, 0.29) is 5.60 Å². The van der Waals surface area contributed by atoms with Crippen molar-refractivity contribution in [1.82, 2.24) is 15.4 Å². The van der Waals surface area contributed by atoms with E-state index in [4.69, 9.17) is 9.26 Å². The smallest absolute Gasteiger partial charge is 0.151 e. The van der Waals surface area contributed by atoms with E-state index in [9.17, 15) is 0 Å². The molecule has 1 saturated heterocycles. The summed E-state index contributed by atoms with van der Waals surface area (Å²) < 4.78 is 11.1. The largest absolute Gasteiger partial charge is 0.377 e. The standard InChI is InChI=1S/C16H29N3O2/c1-13(2)9-17-10-14-8-15(21-18-14)11-19-7-5-6-16(3,12-19)20-4/h8,13,17H,5-7,9-12H2,1-4H3. The van der Waals surface area contributed by atoms with Crippen LogP contribution < -0.4 is 5.32 Å². The zero-order valence-corrected chi connectivity index (χ0v) is 13.8. The van der Waals surface area contributed by atoms with Gasteiger partial charge in [-0.05, 0) is 38.8 Å². The van der Waals surface area contributed by atoms with Gasteiger partial charge in [0.25, 0.3) is 0 Å². The van der Waals surface area contributed by atoms with E-state index >= 15 is 0 Å². The summed E-state index contributed by atoms with van der Waals surface area (Å²) in [5.41, 5.74) is 0.956. The first-order chi connectivity index (χ1) is 10.0. The highest BCUT2D eigenvalue weighted by Crippen LogP contribution is 2.25. The van der Waals surface area contributed by atoms with Crippen molar-refractivity contribution < 1.29 is 9.26 Å². The zero-order chi connectivity index (χ0) is 15.3. The summed E-state index contributed by atoms with van der Waals surface area (Å²) in [6, 6.07) is 2.06.